The Morgan fingerprint density at radius 2 is 1.90 bits per heavy atom. The molecule has 0 atom stereocenters. The Morgan fingerprint density at radius 3 is 2.52 bits per heavy atom. The molecule has 0 saturated carbocycles. The van der Waals surface area contributed by atoms with Crippen LogP contribution >= 0.6 is 15.9 Å². The second kappa shape index (κ2) is 6.18. The monoisotopic (exact) mass is 349 g/mol. The van der Waals surface area contributed by atoms with Crippen molar-refractivity contribution in [3.05, 3.63) is 51.5 Å². The van der Waals surface area contributed by atoms with Gasteiger partial charge in [0.2, 0.25) is 0 Å². The molecular formula is C16H16BrNO3. The molecule has 5 heteroatoms. The smallest absolute Gasteiger partial charge is 0.337 e. The van der Waals surface area contributed by atoms with Crippen LogP contribution in [0, 0.1) is 13.8 Å². The number of hydrogen-bond donors (Lipinski definition) is 1. The Labute approximate surface area is 132 Å². The summed E-state index contributed by atoms with van der Waals surface area (Å²) in [7, 11) is 1.35. The van der Waals surface area contributed by atoms with Crippen LogP contribution in [0.4, 0.5) is 5.69 Å². The van der Waals surface area contributed by atoms with Crippen molar-refractivity contribution in [2.45, 2.75) is 13.8 Å². The molecule has 0 aliphatic heterocycles. The van der Waals surface area contributed by atoms with Crippen LogP contribution in [-0.2, 0) is 4.74 Å². The van der Waals surface area contributed by atoms with Crippen LogP contribution in [-0.4, -0.2) is 13.1 Å². The number of nitrogens with two attached hydrogens (primary N) is 1. The van der Waals surface area contributed by atoms with Crippen LogP contribution in [0.5, 0.6) is 11.5 Å². The number of nitrogen functional groups attached to an aromatic ring is 1. The van der Waals surface area contributed by atoms with Crippen LogP contribution in [0.1, 0.15) is 21.5 Å². The molecule has 0 radical (unpaired) electrons. The highest BCUT2D eigenvalue weighted by molar-refractivity contribution is 9.10. The van der Waals surface area contributed by atoms with Gasteiger partial charge in [0.25, 0.3) is 0 Å². The zero-order valence-electron chi connectivity index (χ0n) is 12.1. The molecule has 0 heterocycles. The van der Waals surface area contributed by atoms with E-state index in [1.165, 1.54) is 7.11 Å². The third-order valence-electron chi connectivity index (χ3n) is 3.21. The van der Waals surface area contributed by atoms with Gasteiger partial charge >= 0.3 is 5.97 Å². The number of esters is 1. The first-order chi connectivity index (χ1) is 9.93. The molecule has 2 rings (SSSR count). The fourth-order valence-electron chi connectivity index (χ4n) is 1.94. The van der Waals surface area contributed by atoms with Crippen molar-refractivity contribution in [2.75, 3.05) is 12.8 Å². The van der Waals surface area contributed by atoms with Gasteiger partial charge in [-0.25, -0.2) is 4.79 Å². The van der Waals surface area contributed by atoms with Gasteiger partial charge in [0.1, 0.15) is 11.5 Å². The number of rotatable bonds is 3. The second-order valence-electron chi connectivity index (χ2n) is 4.66. The molecule has 4 nitrogen and oxygen atoms in total. The molecule has 110 valence electrons. The molecule has 2 aromatic carbocycles. The summed E-state index contributed by atoms with van der Waals surface area (Å²) in [5, 5.41) is 0. The van der Waals surface area contributed by atoms with Gasteiger partial charge in [-0.15, -0.1) is 0 Å². The van der Waals surface area contributed by atoms with E-state index < -0.39 is 5.97 Å². The van der Waals surface area contributed by atoms with E-state index in [-0.39, 0.29) is 0 Å². The summed E-state index contributed by atoms with van der Waals surface area (Å²) in [5.74, 6) is 0.944. The van der Waals surface area contributed by atoms with Gasteiger partial charge in [-0.05, 0) is 59.6 Å². The quantitative estimate of drug-likeness (QED) is 0.665. The van der Waals surface area contributed by atoms with Crippen molar-refractivity contribution in [3.8, 4) is 11.5 Å². The van der Waals surface area contributed by atoms with E-state index in [9.17, 15) is 4.79 Å². The van der Waals surface area contributed by atoms with Crippen molar-refractivity contribution in [2.24, 2.45) is 0 Å². The van der Waals surface area contributed by atoms with Crippen LogP contribution < -0.4 is 10.5 Å². The second-order valence-corrected chi connectivity index (χ2v) is 5.52. The topological polar surface area (TPSA) is 61.5 Å². The number of ether oxygens (including phenoxy) is 2. The maximum absolute atomic E-state index is 11.5. The predicted molar refractivity (Wildman–Crippen MR) is 85.9 cm³/mol. The van der Waals surface area contributed by atoms with E-state index in [2.05, 4.69) is 20.7 Å². The molecule has 2 aromatic rings. The average Bonchev–Trinajstić information content (AvgIpc) is 2.48. The van der Waals surface area contributed by atoms with Gasteiger partial charge in [0, 0.05) is 11.3 Å². The van der Waals surface area contributed by atoms with Gasteiger partial charge in [-0.2, -0.15) is 0 Å². The molecule has 2 N–H and O–H groups in total. The highest BCUT2D eigenvalue weighted by Crippen LogP contribution is 2.35. The number of carbonyl (C=O) groups is 1. The van der Waals surface area contributed by atoms with Crippen LogP contribution in [0.2, 0.25) is 0 Å². The minimum atomic E-state index is -0.390. The molecule has 0 spiro atoms. The van der Waals surface area contributed by atoms with Crippen molar-refractivity contribution < 1.29 is 14.3 Å². The molecular weight excluding hydrogens is 334 g/mol. The molecule has 0 saturated heterocycles. The van der Waals surface area contributed by atoms with Crippen LogP contribution in [0.25, 0.3) is 0 Å². The summed E-state index contributed by atoms with van der Waals surface area (Å²) >= 11 is 3.41. The Kier molecular flexibility index (Phi) is 4.53. The van der Waals surface area contributed by atoms with Crippen molar-refractivity contribution >= 4 is 27.6 Å². The third-order valence-corrected chi connectivity index (χ3v) is 3.83. The number of methoxy groups -OCH3 is 1. The zero-order valence-corrected chi connectivity index (χ0v) is 13.7. The average molecular weight is 350 g/mol. The summed E-state index contributed by atoms with van der Waals surface area (Å²) in [5.41, 5.74) is 8.92. The normalized spacial score (nSPS) is 10.3. The minimum Gasteiger partial charge on any atom is -0.465 e. The molecule has 0 aromatic heterocycles. The highest BCUT2D eigenvalue weighted by atomic mass is 79.9. The molecule has 0 aliphatic carbocycles. The number of anilines is 1. The number of halogens is 1. The number of benzene rings is 2. The third kappa shape index (κ3) is 3.19. The highest BCUT2D eigenvalue weighted by Gasteiger charge is 2.13. The summed E-state index contributed by atoms with van der Waals surface area (Å²) in [4.78, 5) is 11.5. The first-order valence-electron chi connectivity index (χ1n) is 6.35. The Hall–Kier alpha value is -2.01. The largest absolute Gasteiger partial charge is 0.465 e. The van der Waals surface area contributed by atoms with Crippen LogP contribution in [0.15, 0.2) is 34.8 Å². The molecule has 0 fully saturated rings. The van der Waals surface area contributed by atoms with Gasteiger partial charge in [0.15, 0.2) is 0 Å². The standard InChI is InChI=1S/C16H16BrNO3/c1-9-4-6-13(18)10(2)15(9)21-14-7-5-11(8-12(14)17)16(19)20-3/h4-8H,18H2,1-3H3. The summed E-state index contributed by atoms with van der Waals surface area (Å²) in [6.45, 7) is 3.87. The van der Waals surface area contributed by atoms with Gasteiger partial charge in [0.05, 0.1) is 17.1 Å². The first kappa shape index (κ1) is 15.4. The van der Waals surface area contributed by atoms with E-state index in [0.717, 1.165) is 16.9 Å². The molecule has 0 unspecified atom stereocenters. The Morgan fingerprint density at radius 1 is 1.19 bits per heavy atom. The number of carbonyl (C=O) groups excluding carboxylic acids is 1. The lowest BCUT2D eigenvalue weighted by atomic mass is 10.1. The number of aryl methyl sites for hydroxylation is 1. The SMILES string of the molecule is COC(=O)c1ccc(Oc2c(C)ccc(N)c2C)c(Br)c1. The Bertz CT molecular complexity index is 698. The van der Waals surface area contributed by atoms with E-state index in [1.807, 2.05) is 26.0 Å². The lowest BCUT2D eigenvalue weighted by molar-refractivity contribution is 0.0600. The maximum atomic E-state index is 11.5. The predicted octanol–water partition coefficient (Wildman–Crippen LogP) is 4.23. The van der Waals surface area contributed by atoms with Crippen molar-refractivity contribution in [1.29, 1.82) is 0 Å². The lowest BCUT2D eigenvalue weighted by Crippen LogP contribution is -2.01. The van der Waals surface area contributed by atoms with E-state index in [4.69, 9.17) is 10.5 Å². The fourth-order valence-corrected chi connectivity index (χ4v) is 2.40. The maximum Gasteiger partial charge on any atom is 0.337 e. The zero-order chi connectivity index (χ0) is 15.6. The van der Waals surface area contributed by atoms with Gasteiger partial charge in [-0.1, -0.05) is 6.07 Å². The van der Waals surface area contributed by atoms with Gasteiger partial charge < -0.3 is 15.2 Å². The summed E-state index contributed by atoms with van der Waals surface area (Å²) in [6, 6.07) is 8.81. The molecule has 21 heavy (non-hydrogen) atoms. The minimum absolute atomic E-state index is 0.390. The molecule has 0 amide bonds. The fraction of sp³-hybridized carbons (Fsp3) is 0.188. The summed E-state index contributed by atoms with van der Waals surface area (Å²) < 4.78 is 11.3. The van der Waals surface area contributed by atoms with Crippen molar-refractivity contribution in [1.82, 2.24) is 0 Å². The lowest BCUT2D eigenvalue weighted by Gasteiger charge is -2.14. The Balaban J connectivity index is 2.37. The summed E-state index contributed by atoms with van der Waals surface area (Å²) in [6.07, 6.45) is 0. The van der Waals surface area contributed by atoms with E-state index in [0.29, 0.717) is 21.5 Å². The van der Waals surface area contributed by atoms with Gasteiger partial charge in [-0.3, -0.25) is 0 Å². The first-order valence-corrected chi connectivity index (χ1v) is 7.14. The van der Waals surface area contributed by atoms with E-state index in [1.54, 1.807) is 18.2 Å². The van der Waals surface area contributed by atoms with Crippen molar-refractivity contribution in [3.63, 3.8) is 0 Å². The molecule has 0 aliphatic rings. The molecule has 0 bridgehead atoms. The van der Waals surface area contributed by atoms with E-state index >= 15 is 0 Å². The number of hydrogen-bond acceptors (Lipinski definition) is 4. The van der Waals surface area contributed by atoms with Crippen LogP contribution in [0.3, 0.4) is 0 Å².